The van der Waals surface area contributed by atoms with Crippen LogP contribution >= 0.6 is 0 Å². The molecule has 1 aliphatic heterocycles. The summed E-state index contributed by atoms with van der Waals surface area (Å²) < 4.78 is 36.0. The molecule has 8 heteroatoms. The minimum absolute atomic E-state index is 0.126. The first-order chi connectivity index (χ1) is 9.40. The van der Waals surface area contributed by atoms with Crippen molar-refractivity contribution >= 4 is 16.0 Å². The van der Waals surface area contributed by atoms with Gasteiger partial charge in [-0.25, -0.2) is 13.2 Å². The average molecular weight is 302 g/mol. The van der Waals surface area contributed by atoms with Crippen molar-refractivity contribution in [3.05, 3.63) is 17.4 Å². The molecule has 20 heavy (non-hydrogen) atoms. The summed E-state index contributed by atoms with van der Waals surface area (Å²) in [5.41, 5.74) is 5.68. The van der Waals surface area contributed by atoms with E-state index in [4.69, 9.17) is 10.2 Å². The third-order valence-electron chi connectivity index (χ3n) is 3.48. The summed E-state index contributed by atoms with van der Waals surface area (Å²) in [4.78, 5) is 11.5. The summed E-state index contributed by atoms with van der Waals surface area (Å²) in [6.07, 6.45) is 0.735. The standard InChI is InChI=1S/C12H18N2O5S/c1-8-10(12(15)18-2)5-11(19-8)20(16,17)14-4-3-9(6-13)7-14/h5,9H,3-4,6-7,13H2,1-2H3. The molecule has 112 valence electrons. The molecular weight excluding hydrogens is 284 g/mol. The Balaban J connectivity index is 2.29. The van der Waals surface area contributed by atoms with Gasteiger partial charge in [0.05, 0.1) is 7.11 Å². The van der Waals surface area contributed by atoms with Gasteiger partial charge in [0.1, 0.15) is 11.3 Å². The molecule has 1 aliphatic rings. The highest BCUT2D eigenvalue weighted by Gasteiger charge is 2.35. The fourth-order valence-electron chi connectivity index (χ4n) is 2.23. The van der Waals surface area contributed by atoms with Crippen LogP contribution in [0, 0.1) is 12.8 Å². The van der Waals surface area contributed by atoms with E-state index in [1.165, 1.54) is 24.4 Å². The molecule has 0 amide bonds. The monoisotopic (exact) mass is 302 g/mol. The predicted molar refractivity (Wildman–Crippen MR) is 70.7 cm³/mol. The molecule has 1 aromatic heterocycles. The number of sulfonamides is 1. The van der Waals surface area contributed by atoms with Crippen molar-refractivity contribution in [2.24, 2.45) is 11.7 Å². The fourth-order valence-corrected chi connectivity index (χ4v) is 3.73. The van der Waals surface area contributed by atoms with E-state index in [1.807, 2.05) is 0 Å². The lowest BCUT2D eigenvalue weighted by Gasteiger charge is -2.13. The zero-order valence-electron chi connectivity index (χ0n) is 11.5. The lowest BCUT2D eigenvalue weighted by atomic mass is 10.1. The molecule has 1 fully saturated rings. The van der Waals surface area contributed by atoms with Gasteiger partial charge in [0.25, 0.3) is 10.0 Å². The third-order valence-corrected chi connectivity index (χ3v) is 5.20. The number of aryl methyl sites for hydroxylation is 1. The van der Waals surface area contributed by atoms with Gasteiger partial charge in [0, 0.05) is 19.2 Å². The maximum absolute atomic E-state index is 12.4. The van der Waals surface area contributed by atoms with E-state index in [0.717, 1.165) is 6.42 Å². The van der Waals surface area contributed by atoms with Gasteiger partial charge in [0.15, 0.2) is 0 Å². The van der Waals surface area contributed by atoms with E-state index < -0.39 is 16.0 Å². The second kappa shape index (κ2) is 5.55. The van der Waals surface area contributed by atoms with Gasteiger partial charge in [0.2, 0.25) is 5.09 Å². The Kier molecular flexibility index (Phi) is 4.17. The molecule has 2 N–H and O–H groups in total. The van der Waals surface area contributed by atoms with Crippen molar-refractivity contribution in [2.45, 2.75) is 18.4 Å². The van der Waals surface area contributed by atoms with Crippen LogP contribution in [0.25, 0.3) is 0 Å². The van der Waals surface area contributed by atoms with Crippen molar-refractivity contribution < 1.29 is 22.4 Å². The van der Waals surface area contributed by atoms with E-state index in [0.29, 0.717) is 19.6 Å². The Hall–Kier alpha value is -1.38. The number of hydrogen-bond acceptors (Lipinski definition) is 6. The third kappa shape index (κ3) is 2.58. The van der Waals surface area contributed by atoms with Crippen LogP contribution in [0.3, 0.4) is 0 Å². The molecule has 2 rings (SSSR count). The summed E-state index contributed by atoms with van der Waals surface area (Å²) in [5.74, 6) is -0.222. The summed E-state index contributed by atoms with van der Waals surface area (Å²) in [7, 11) is -2.49. The number of carbonyl (C=O) groups is 1. The molecular formula is C12H18N2O5S. The van der Waals surface area contributed by atoms with Crippen LogP contribution in [-0.2, 0) is 14.8 Å². The largest absolute Gasteiger partial charge is 0.465 e. The lowest BCUT2D eigenvalue weighted by molar-refractivity contribution is 0.0599. The van der Waals surface area contributed by atoms with E-state index >= 15 is 0 Å². The van der Waals surface area contributed by atoms with Crippen LogP contribution in [0.15, 0.2) is 15.6 Å². The van der Waals surface area contributed by atoms with Crippen molar-refractivity contribution in [1.29, 1.82) is 0 Å². The van der Waals surface area contributed by atoms with Crippen LogP contribution in [-0.4, -0.2) is 45.4 Å². The number of ether oxygens (including phenoxy) is 1. The number of rotatable bonds is 4. The molecule has 0 aliphatic carbocycles. The molecule has 2 heterocycles. The van der Waals surface area contributed by atoms with Crippen LogP contribution in [0.4, 0.5) is 0 Å². The number of furan rings is 1. The highest BCUT2D eigenvalue weighted by molar-refractivity contribution is 7.89. The SMILES string of the molecule is COC(=O)c1cc(S(=O)(=O)N2CCC(CN)C2)oc1C. The van der Waals surface area contributed by atoms with Gasteiger partial charge in [-0.15, -0.1) is 0 Å². The van der Waals surface area contributed by atoms with E-state index in [-0.39, 0.29) is 22.3 Å². The van der Waals surface area contributed by atoms with E-state index in [1.54, 1.807) is 0 Å². The minimum atomic E-state index is -3.72. The molecule has 0 saturated carbocycles. The van der Waals surface area contributed by atoms with Crippen LogP contribution in [0.1, 0.15) is 22.5 Å². The number of nitrogens with zero attached hydrogens (tertiary/aromatic N) is 1. The smallest absolute Gasteiger partial charge is 0.341 e. The Morgan fingerprint density at radius 1 is 1.60 bits per heavy atom. The average Bonchev–Trinajstić information content (AvgIpc) is 3.04. The van der Waals surface area contributed by atoms with Gasteiger partial charge in [-0.2, -0.15) is 4.31 Å². The molecule has 1 aromatic rings. The quantitative estimate of drug-likeness (QED) is 0.805. The summed E-state index contributed by atoms with van der Waals surface area (Å²) in [6.45, 7) is 2.78. The molecule has 0 radical (unpaired) electrons. The van der Waals surface area contributed by atoms with Gasteiger partial charge >= 0.3 is 5.97 Å². The topological polar surface area (TPSA) is 103 Å². The van der Waals surface area contributed by atoms with Gasteiger partial charge in [-0.1, -0.05) is 0 Å². The predicted octanol–water partition coefficient (Wildman–Crippen LogP) is 0.344. The number of esters is 1. The molecule has 1 unspecified atom stereocenters. The minimum Gasteiger partial charge on any atom is -0.465 e. The van der Waals surface area contributed by atoms with Crippen molar-refractivity contribution in [2.75, 3.05) is 26.7 Å². The molecule has 7 nitrogen and oxygen atoms in total. The number of nitrogens with two attached hydrogens (primary N) is 1. The molecule has 0 aromatic carbocycles. The maximum atomic E-state index is 12.4. The first kappa shape index (κ1) is 15.0. The molecule has 1 saturated heterocycles. The number of carbonyl (C=O) groups excluding carboxylic acids is 1. The maximum Gasteiger partial charge on any atom is 0.341 e. The second-order valence-electron chi connectivity index (χ2n) is 4.78. The second-order valence-corrected chi connectivity index (χ2v) is 6.65. The number of hydrogen-bond donors (Lipinski definition) is 1. The van der Waals surface area contributed by atoms with Crippen molar-refractivity contribution in [3.63, 3.8) is 0 Å². The zero-order valence-corrected chi connectivity index (χ0v) is 12.3. The Bertz CT molecular complexity index is 607. The fraction of sp³-hybridized carbons (Fsp3) is 0.583. The Morgan fingerprint density at radius 3 is 2.85 bits per heavy atom. The summed E-state index contributed by atoms with van der Waals surface area (Å²) in [5, 5.41) is -0.229. The lowest BCUT2D eigenvalue weighted by Crippen LogP contribution is -2.29. The first-order valence-corrected chi connectivity index (χ1v) is 7.73. The molecule has 1 atom stereocenters. The Labute approximate surface area is 117 Å². The van der Waals surface area contributed by atoms with Gasteiger partial charge in [-0.05, 0) is 25.8 Å². The number of methoxy groups -OCH3 is 1. The van der Waals surface area contributed by atoms with Crippen molar-refractivity contribution in [3.8, 4) is 0 Å². The summed E-state index contributed by atoms with van der Waals surface area (Å²) >= 11 is 0. The molecule has 0 spiro atoms. The highest BCUT2D eigenvalue weighted by Crippen LogP contribution is 2.27. The van der Waals surface area contributed by atoms with Crippen LogP contribution in [0.2, 0.25) is 0 Å². The van der Waals surface area contributed by atoms with E-state index in [9.17, 15) is 13.2 Å². The van der Waals surface area contributed by atoms with Gasteiger partial charge < -0.3 is 14.9 Å². The van der Waals surface area contributed by atoms with Crippen molar-refractivity contribution in [1.82, 2.24) is 4.31 Å². The van der Waals surface area contributed by atoms with Crippen LogP contribution in [0.5, 0.6) is 0 Å². The first-order valence-electron chi connectivity index (χ1n) is 6.29. The normalized spacial score (nSPS) is 20.2. The Morgan fingerprint density at radius 2 is 2.30 bits per heavy atom. The summed E-state index contributed by atoms with van der Waals surface area (Å²) in [6, 6.07) is 1.21. The van der Waals surface area contributed by atoms with Crippen LogP contribution < -0.4 is 5.73 Å². The van der Waals surface area contributed by atoms with E-state index in [2.05, 4.69) is 4.74 Å². The molecule has 0 bridgehead atoms. The van der Waals surface area contributed by atoms with Gasteiger partial charge in [-0.3, -0.25) is 0 Å². The highest BCUT2D eigenvalue weighted by atomic mass is 32.2. The zero-order chi connectivity index (χ0) is 14.9.